The van der Waals surface area contributed by atoms with Gasteiger partial charge < -0.3 is 10.0 Å². The molecule has 1 aliphatic heterocycles. The molecular formula is C13H17N3O4. The number of aryl methyl sites for hydroxylation is 1. The highest BCUT2D eigenvalue weighted by atomic mass is 16.4. The van der Waals surface area contributed by atoms with Crippen LogP contribution < -0.4 is 5.56 Å². The van der Waals surface area contributed by atoms with Crippen molar-refractivity contribution in [3.05, 3.63) is 27.2 Å². The quantitative estimate of drug-likeness (QED) is 0.811. The summed E-state index contributed by atoms with van der Waals surface area (Å²) in [6.45, 7) is 5.42. The number of aromatic nitrogens is 2. The summed E-state index contributed by atoms with van der Waals surface area (Å²) in [5.41, 5.74) is -0.330. The highest BCUT2D eigenvalue weighted by Gasteiger charge is 2.42. The lowest BCUT2D eigenvalue weighted by Crippen LogP contribution is -2.37. The molecule has 7 nitrogen and oxygen atoms in total. The lowest BCUT2D eigenvalue weighted by Gasteiger charge is -2.20. The minimum absolute atomic E-state index is 0.0483. The van der Waals surface area contributed by atoms with Crippen LogP contribution in [-0.2, 0) is 4.79 Å². The van der Waals surface area contributed by atoms with Gasteiger partial charge >= 0.3 is 5.97 Å². The van der Waals surface area contributed by atoms with Crippen molar-refractivity contribution in [2.75, 3.05) is 13.1 Å². The Balaban J connectivity index is 2.33. The molecule has 1 unspecified atom stereocenters. The van der Waals surface area contributed by atoms with E-state index in [0.717, 1.165) is 0 Å². The Hall–Kier alpha value is -2.18. The van der Waals surface area contributed by atoms with Crippen molar-refractivity contribution in [3.63, 3.8) is 0 Å². The van der Waals surface area contributed by atoms with E-state index in [1.54, 1.807) is 20.8 Å². The number of carboxylic acid groups (broad SMARTS) is 1. The van der Waals surface area contributed by atoms with Gasteiger partial charge in [0.1, 0.15) is 5.56 Å². The summed E-state index contributed by atoms with van der Waals surface area (Å²) in [5.74, 6) is -1.36. The number of hydrogen-bond donors (Lipinski definition) is 2. The molecule has 1 fully saturated rings. The molecular weight excluding hydrogens is 262 g/mol. The molecule has 1 aromatic heterocycles. The lowest BCUT2D eigenvalue weighted by atomic mass is 9.90. The average Bonchev–Trinajstić information content (AvgIpc) is 2.78. The summed E-state index contributed by atoms with van der Waals surface area (Å²) in [6, 6.07) is 0. The minimum atomic E-state index is -0.946. The summed E-state index contributed by atoms with van der Waals surface area (Å²) < 4.78 is 0. The second-order valence-corrected chi connectivity index (χ2v) is 5.48. The number of hydrogen-bond acceptors (Lipinski definition) is 4. The summed E-state index contributed by atoms with van der Waals surface area (Å²) in [4.78, 5) is 36.9. The van der Waals surface area contributed by atoms with Gasteiger partial charge in [0.15, 0.2) is 0 Å². The molecule has 0 bridgehead atoms. The predicted octanol–water partition coefficient (Wildman–Crippen LogP) is 0.324. The molecule has 2 heterocycles. The van der Waals surface area contributed by atoms with Gasteiger partial charge in [0.05, 0.1) is 11.1 Å². The summed E-state index contributed by atoms with van der Waals surface area (Å²) in [7, 11) is 0. The molecule has 7 heteroatoms. The number of likely N-dealkylation sites (tertiary alicyclic amines) is 1. The Morgan fingerprint density at radius 3 is 2.60 bits per heavy atom. The maximum absolute atomic E-state index is 12.4. The van der Waals surface area contributed by atoms with Crippen molar-refractivity contribution in [3.8, 4) is 0 Å². The van der Waals surface area contributed by atoms with Gasteiger partial charge in [0.2, 0.25) is 0 Å². The van der Waals surface area contributed by atoms with E-state index in [1.165, 1.54) is 4.90 Å². The molecule has 0 aromatic carbocycles. The Morgan fingerprint density at radius 1 is 1.40 bits per heavy atom. The normalized spacial score (nSPS) is 22.1. The van der Waals surface area contributed by atoms with Crippen LogP contribution in [0.5, 0.6) is 0 Å². The van der Waals surface area contributed by atoms with Crippen LogP contribution in [0.2, 0.25) is 0 Å². The smallest absolute Gasteiger partial charge is 0.311 e. The topological polar surface area (TPSA) is 103 Å². The third-order valence-electron chi connectivity index (χ3n) is 3.96. The zero-order chi connectivity index (χ0) is 15.1. The van der Waals surface area contributed by atoms with Crippen LogP contribution in [0.3, 0.4) is 0 Å². The van der Waals surface area contributed by atoms with Gasteiger partial charge in [-0.15, -0.1) is 0 Å². The Labute approximate surface area is 115 Å². The van der Waals surface area contributed by atoms with E-state index in [1.807, 2.05) is 0 Å². The summed E-state index contributed by atoms with van der Waals surface area (Å²) in [6.07, 6.45) is 0.384. The van der Waals surface area contributed by atoms with Crippen LogP contribution in [0.25, 0.3) is 0 Å². The van der Waals surface area contributed by atoms with E-state index in [2.05, 4.69) is 10.2 Å². The standard InChI is InChI=1S/C13H17N3O4/c1-7-8(2)14-15-10(17)9(7)11(18)16-5-4-13(3,6-16)12(19)20/h4-6H2,1-3H3,(H,15,17)(H,19,20). The molecule has 1 saturated heterocycles. The molecule has 1 aromatic rings. The monoisotopic (exact) mass is 279 g/mol. The number of nitrogens with zero attached hydrogens (tertiary/aromatic N) is 2. The van der Waals surface area contributed by atoms with Crippen LogP contribution in [0.1, 0.15) is 35.0 Å². The number of rotatable bonds is 2. The highest BCUT2D eigenvalue weighted by molar-refractivity contribution is 5.96. The number of nitrogens with one attached hydrogen (secondary N) is 1. The zero-order valence-corrected chi connectivity index (χ0v) is 11.7. The van der Waals surface area contributed by atoms with Crippen molar-refractivity contribution in [1.29, 1.82) is 0 Å². The summed E-state index contributed by atoms with van der Waals surface area (Å²) >= 11 is 0. The lowest BCUT2D eigenvalue weighted by molar-refractivity contribution is -0.147. The molecule has 20 heavy (non-hydrogen) atoms. The Bertz CT molecular complexity index is 637. The van der Waals surface area contributed by atoms with Crippen molar-refractivity contribution in [1.82, 2.24) is 15.1 Å². The molecule has 1 aliphatic rings. The summed E-state index contributed by atoms with van der Waals surface area (Å²) in [5, 5.41) is 15.3. The fraction of sp³-hybridized carbons (Fsp3) is 0.538. The third kappa shape index (κ3) is 2.19. The first-order valence-electron chi connectivity index (χ1n) is 6.35. The molecule has 1 amide bonds. The molecule has 1 atom stereocenters. The van der Waals surface area contributed by atoms with Crippen LogP contribution in [0.15, 0.2) is 4.79 Å². The van der Waals surface area contributed by atoms with E-state index in [4.69, 9.17) is 0 Å². The SMILES string of the molecule is Cc1n[nH]c(=O)c(C(=O)N2CCC(C)(C(=O)O)C2)c1C. The maximum Gasteiger partial charge on any atom is 0.311 e. The fourth-order valence-corrected chi connectivity index (χ4v) is 2.35. The first kappa shape index (κ1) is 14.2. The van der Waals surface area contributed by atoms with E-state index >= 15 is 0 Å². The number of amides is 1. The predicted molar refractivity (Wildman–Crippen MR) is 70.6 cm³/mol. The van der Waals surface area contributed by atoms with Crippen molar-refractivity contribution < 1.29 is 14.7 Å². The maximum atomic E-state index is 12.4. The van der Waals surface area contributed by atoms with Crippen molar-refractivity contribution in [2.24, 2.45) is 5.41 Å². The highest BCUT2D eigenvalue weighted by Crippen LogP contribution is 2.31. The van der Waals surface area contributed by atoms with Gasteiger partial charge in [0.25, 0.3) is 11.5 Å². The molecule has 0 spiro atoms. The van der Waals surface area contributed by atoms with Gasteiger partial charge in [-0.2, -0.15) is 5.10 Å². The first-order chi connectivity index (χ1) is 9.26. The van der Waals surface area contributed by atoms with E-state index in [0.29, 0.717) is 24.2 Å². The molecule has 0 aliphatic carbocycles. The number of carboxylic acids is 1. The van der Waals surface area contributed by atoms with E-state index < -0.39 is 22.9 Å². The van der Waals surface area contributed by atoms with Crippen LogP contribution in [0, 0.1) is 19.3 Å². The van der Waals surface area contributed by atoms with E-state index in [9.17, 15) is 19.5 Å². The van der Waals surface area contributed by atoms with Gasteiger partial charge in [-0.05, 0) is 32.8 Å². The second kappa shape index (κ2) is 4.73. The average molecular weight is 279 g/mol. The number of carbonyl (C=O) groups excluding carboxylic acids is 1. The van der Waals surface area contributed by atoms with Gasteiger partial charge in [-0.1, -0.05) is 0 Å². The molecule has 2 N–H and O–H groups in total. The largest absolute Gasteiger partial charge is 0.481 e. The molecule has 2 rings (SSSR count). The number of aromatic amines is 1. The van der Waals surface area contributed by atoms with Crippen molar-refractivity contribution in [2.45, 2.75) is 27.2 Å². The van der Waals surface area contributed by atoms with Gasteiger partial charge in [0, 0.05) is 13.1 Å². The second-order valence-electron chi connectivity index (χ2n) is 5.48. The Morgan fingerprint density at radius 2 is 2.05 bits per heavy atom. The van der Waals surface area contributed by atoms with Crippen LogP contribution >= 0.6 is 0 Å². The number of carbonyl (C=O) groups is 2. The van der Waals surface area contributed by atoms with Gasteiger partial charge in [-0.3, -0.25) is 14.4 Å². The molecule has 0 saturated carbocycles. The van der Waals surface area contributed by atoms with Crippen molar-refractivity contribution >= 4 is 11.9 Å². The Kier molecular flexibility index (Phi) is 3.37. The fourth-order valence-electron chi connectivity index (χ4n) is 2.35. The molecule has 0 radical (unpaired) electrons. The zero-order valence-electron chi connectivity index (χ0n) is 11.7. The number of aliphatic carboxylic acids is 1. The molecule has 108 valence electrons. The van der Waals surface area contributed by atoms with E-state index in [-0.39, 0.29) is 12.1 Å². The minimum Gasteiger partial charge on any atom is -0.481 e. The first-order valence-corrected chi connectivity index (χ1v) is 6.35. The third-order valence-corrected chi connectivity index (χ3v) is 3.96. The number of H-pyrrole nitrogens is 1. The van der Waals surface area contributed by atoms with Gasteiger partial charge in [-0.25, -0.2) is 5.10 Å². The van der Waals surface area contributed by atoms with Crippen LogP contribution in [-0.4, -0.2) is 45.2 Å². The van der Waals surface area contributed by atoms with Crippen LogP contribution in [0.4, 0.5) is 0 Å².